The molecule has 102 valence electrons. The number of hydrogen-bond acceptors (Lipinski definition) is 4. The molecule has 3 rings (SSSR count). The first-order valence-electron chi connectivity index (χ1n) is 5.99. The average molecular weight is 290 g/mol. The average Bonchev–Trinajstić information content (AvgIpc) is 2.44. The van der Waals surface area contributed by atoms with Crippen molar-refractivity contribution in [1.82, 2.24) is 9.97 Å². The molecule has 20 heavy (non-hydrogen) atoms. The number of carbonyl (C=O) groups is 1. The van der Waals surface area contributed by atoms with Crippen LogP contribution in [0.1, 0.15) is 5.56 Å². The zero-order chi connectivity index (χ0) is 14.3. The van der Waals surface area contributed by atoms with E-state index in [1.54, 1.807) is 30.3 Å². The molecule has 1 aromatic heterocycles. The third-order valence-electron chi connectivity index (χ3n) is 3.17. The molecular formula is C13H12ClN5O. The Balaban J connectivity index is 2.07. The number of halogens is 1. The van der Waals surface area contributed by atoms with Crippen molar-refractivity contribution in [3.63, 3.8) is 0 Å². The number of amides is 2. The molecule has 0 radical (unpaired) electrons. The first-order valence-corrected chi connectivity index (χ1v) is 6.37. The van der Waals surface area contributed by atoms with Crippen molar-refractivity contribution in [3.8, 4) is 0 Å². The number of para-hydroxylation sites is 1. The Morgan fingerprint density at radius 2 is 2.10 bits per heavy atom. The van der Waals surface area contributed by atoms with Gasteiger partial charge in [-0.25, -0.2) is 9.78 Å². The third kappa shape index (κ3) is 1.94. The molecule has 0 unspecified atom stereocenters. The molecule has 1 aliphatic rings. The van der Waals surface area contributed by atoms with Crippen molar-refractivity contribution in [2.24, 2.45) is 0 Å². The Hall–Kier alpha value is -2.34. The van der Waals surface area contributed by atoms with Crippen molar-refractivity contribution < 1.29 is 4.79 Å². The molecule has 0 aliphatic carbocycles. The number of hydrogen-bond donors (Lipinski definition) is 1. The van der Waals surface area contributed by atoms with E-state index in [0.29, 0.717) is 23.1 Å². The van der Waals surface area contributed by atoms with Gasteiger partial charge in [-0.15, -0.1) is 0 Å². The van der Waals surface area contributed by atoms with Crippen LogP contribution in [0.3, 0.4) is 0 Å². The fourth-order valence-electron chi connectivity index (χ4n) is 2.18. The van der Waals surface area contributed by atoms with E-state index in [4.69, 9.17) is 17.3 Å². The summed E-state index contributed by atoms with van der Waals surface area (Å²) in [5, 5.41) is 0.522. The Morgan fingerprint density at radius 3 is 2.85 bits per heavy atom. The van der Waals surface area contributed by atoms with Crippen molar-refractivity contribution in [2.45, 2.75) is 6.54 Å². The Labute approximate surface area is 120 Å². The standard InChI is InChI=1S/C13H12ClN5O/c1-18-11-8(6-16-12(15)17-11)7-19(13(18)20)10-5-3-2-4-9(10)14/h2-6H,7H2,1H3,(H2,15,16,17). The number of fused-ring (bicyclic) bond motifs is 1. The minimum absolute atomic E-state index is 0.148. The Morgan fingerprint density at radius 1 is 1.35 bits per heavy atom. The van der Waals surface area contributed by atoms with Gasteiger partial charge in [-0.05, 0) is 12.1 Å². The van der Waals surface area contributed by atoms with Crippen LogP contribution in [-0.4, -0.2) is 23.0 Å². The van der Waals surface area contributed by atoms with Crippen LogP contribution in [0.4, 0.5) is 22.2 Å². The van der Waals surface area contributed by atoms with Crippen LogP contribution in [0, 0.1) is 0 Å². The van der Waals surface area contributed by atoms with Gasteiger partial charge in [0.05, 0.1) is 17.3 Å². The molecule has 1 aromatic carbocycles. The first kappa shape index (κ1) is 12.7. The molecule has 7 heteroatoms. The summed E-state index contributed by atoms with van der Waals surface area (Å²) >= 11 is 6.16. The molecule has 2 aromatic rings. The van der Waals surface area contributed by atoms with Gasteiger partial charge in [0.15, 0.2) is 0 Å². The fourth-order valence-corrected chi connectivity index (χ4v) is 2.42. The number of nitrogens with two attached hydrogens (primary N) is 1. The zero-order valence-electron chi connectivity index (χ0n) is 10.7. The maximum absolute atomic E-state index is 12.4. The number of rotatable bonds is 1. The summed E-state index contributed by atoms with van der Waals surface area (Å²) < 4.78 is 0. The van der Waals surface area contributed by atoms with E-state index >= 15 is 0 Å². The van der Waals surface area contributed by atoms with Crippen LogP contribution in [0.2, 0.25) is 5.02 Å². The highest BCUT2D eigenvalue weighted by atomic mass is 35.5. The normalized spacial score (nSPS) is 14.4. The lowest BCUT2D eigenvalue weighted by Gasteiger charge is -2.34. The van der Waals surface area contributed by atoms with E-state index in [0.717, 1.165) is 5.56 Å². The van der Waals surface area contributed by atoms with Crippen LogP contribution < -0.4 is 15.5 Å². The highest BCUT2D eigenvalue weighted by molar-refractivity contribution is 6.34. The molecule has 2 amide bonds. The fraction of sp³-hybridized carbons (Fsp3) is 0.154. The summed E-state index contributed by atoms with van der Waals surface area (Å²) in [5.74, 6) is 0.681. The number of urea groups is 1. The molecule has 1 aliphatic heterocycles. The SMILES string of the molecule is CN1C(=O)N(c2ccccc2Cl)Cc2cnc(N)nc21. The summed E-state index contributed by atoms with van der Waals surface area (Å²) in [5.41, 5.74) is 7.05. The maximum Gasteiger partial charge on any atom is 0.330 e. The van der Waals surface area contributed by atoms with Crippen LogP contribution >= 0.6 is 11.6 Å². The highest BCUT2D eigenvalue weighted by Gasteiger charge is 2.31. The van der Waals surface area contributed by atoms with Gasteiger partial charge >= 0.3 is 6.03 Å². The molecule has 2 N–H and O–H groups in total. The number of nitrogen functional groups attached to an aromatic ring is 1. The van der Waals surface area contributed by atoms with Crippen molar-refractivity contribution in [1.29, 1.82) is 0 Å². The Bertz CT molecular complexity index is 690. The predicted molar refractivity (Wildman–Crippen MR) is 77.9 cm³/mol. The highest BCUT2D eigenvalue weighted by Crippen LogP contribution is 2.33. The van der Waals surface area contributed by atoms with E-state index in [-0.39, 0.29) is 12.0 Å². The quantitative estimate of drug-likeness (QED) is 0.874. The van der Waals surface area contributed by atoms with Gasteiger partial charge in [-0.2, -0.15) is 4.98 Å². The van der Waals surface area contributed by atoms with Gasteiger partial charge < -0.3 is 5.73 Å². The number of anilines is 3. The Kier molecular flexibility index (Phi) is 2.94. The molecule has 6 nitrogen and oxygen atoms in total. The van der Waals surface area contributed by atoms with Crippen molar-refractivity contribution >= 4 is 35.1 Å². The van der Waals surface area contributed by atoms with Gasteiger partial charge in [-0.1, -0.05) is 23.7 Å². The van der Waals surface area contributed by atoms with E-state index in [2.05, 4.69) is 9.97 Å². The molecule has 0 saturated heterocycles. The zero-order valence-corrected chi connectivity index (χ0v) is 11.5. The molecular weight excluding hydrogens is 278 g/mol. The second-order valence-electron chi connectivity index (χ2n) is 4.46. The maximum atomic E-state index is 12.4. The summed E-state index contributed by atoms with van der Waals surface area (Å²) in [6, 6.07) is 7.01. The van der Waals surface area contributed by atoms with Crippen LogP contribution in [0.15, 0.2) is 30.5 Å². The molecule has 0 bridgehead atoms. The molecule has 2 heterocycles. The van der Waals surface area contributed by atoms with Crippen molar-refractivity contribution in [2.75, 3.05) is 22.6 Å². The molecule has 0 fully saturated rings. The smallest absolute Gasteiger partial charge is 0.330 e. The lowest BCUT2D eigenvalue weighted by molar-refractivity contribution is 0.251. The lowest BCUT2D eigenvalue weighted by Crippen LogP contribution is -2.46. The number of nitrogens with zero attached hydrogens (tertiary/aromatic N) is 4. The van der Waals surface area contributed by atoms with Gasteiger partial charge in [-0.3, -0.25) is 9.80 Å². The largest absolute Gasteiger partial charge is 0.368 e. The summed E-state index contributed by atoms with van der Waals surface area (Å²) in [6.45, 7) is 0.364. The number of aromatic nitrogens is 2. The molecule has 0 saturated carbocycles. The monoisotopic (exact) mass is 289 g/mol. The second-order valence-corrected chi connectivity index (χ2v) is 4.86. The van der Waals surface area contributed by atoms with E-state index in [1.165, 1.54) is 4.90 Å². The van der Waals surface area contributed by atoms with Gasteiger partial charge in [0.1, 0.15) is 5.82 Å². The van der Waals surface area contributed by atoms with Gasteiger partial charge in [0.25, 0.3) is 0 Å². The first-order chi connectivity index (χ1) is 9.58. The lowest BCUT2D eigenvalue weighted by atomic mass is 10.2. The van der Waals surface area contributed by atoms with Crippen LogP contribution in [-0.2, 0) is 6.54 Å². The summed E-state index contributed by atoms with van der Waals surface area (Å²) in [4.78, 5) is 23.6. The van der Waals surface area contributed by atoms with Gasteiger partial charge in [0, 0.05) is 18.8 Å². The topological polar surface area (TPSA) is 75.4 Å². The summed E-state index contributed by atoms with van der Waals surface area (Å²) in [7, 11) is 1.65. The van der Waals surface area contributed by atoms with Crippen LogP contribution in [0.25, 0.3) is 0 Å². The van der Waals surface area contributed by atoms with Gasteiger partial charge in [0.2, 0.25) is 5.95 Å². The summed E-state index contributed by atoms with van der Waals surface area (Å²) in [6.07, 6.45) is 1.63. The minimum atomic E-state index is -0.205. The van der Waals surface area contributed by atoms with Crippen molar-refractivity contribution in [3.05, 3.63) is 41.0 Å². The predicted octanol–water partition coefficient (Wildman–Crippen LogP) is 2.29. The third-order valence-corrected chi connectivity index (χ3v) is 3.49. The molecule has 0 spiro atoms. The minimum Gasteiger partial charge on any atom is -0.368 e. The number of carbonyl (C=O) groups excluding carboxylic acids is 1. The molecule has 0 atom stereocenters. The van der Waals surface area contributed by atoms with Crippen LogP contribution in [0.5, 0.6) is 0 Å². The van der Waals surface area contributed by atoms with E-state index < -0.39 is 0 Å². The number of benzene rings is 1. The second kappa shape index (κ2) is 4.64. The van der Waals surface area contributed by atoms with E-state index in [1.807, 2.05) is 12.1 Å². The van der Waals surface area contributed by atoms with E-state index in [9.17, 15) is 4.79 Å².